The number of fused-ring (bicyclic) bond motifs is 1. The van der Waals surface area contributed by atoms with Gasteiger partial charge in [-0.2, -0.15) is 5.10 Å². The number of halogens is 1. The number of aromatic amines is 1. The zero-order valence-corrected chi connectivity index (χ0v) is 9.72. The highest BCUT2D eigenvalue weighted by atomic mass is 19.1. The lowest BCUT2D eigenvalue weighted by Crippen LogP contribution is -2.13. The lowest BCUT2D eigenvalue weighted by atomic mass is 10.2. The Balaban J connectivity index is 1.92. The van der Waals surface area contributed by atoms with E-state index < -0.39 is 0 Å². The van der Waals surface area contributed by atoms with Crippen LogP contribution in [0.1, 0.15) is 10.5 Å². The van der Waals surface area contributed by atoms with Crippen molar-refractivity contribution in [3.63, 3.8) is 0 Å². The van der Waals surface area contributed by atoms with Crippen molar-refractivity contribution in [2.24, 2.45) is 0 Å². The van der Waals surface area contributed by atoms with Gasteiger partial charge < -0.3 is 5.32 Å². The van der Waals surface area contributed by atoms with Crippen LogP contribution < -0.4 is 5.32 Å². The first kappa shape index (κ1) is 11.3. The first-order valence-corrected chi connectivity index (χ1v) is 5.59. The van der Waals surface area contributed by atoms with Gasteiger partial charge in [0.1, 0.15) is 17.3 Å². The Labute approximate surface area is 107 Å². The second-order valence-corrected chi connectivity index (χ2v) is 3.96. The third kappa shape index (κ3) is 2.28. The third-order valence-electron chi connectivity index (χ3n) is 2.63. The molecule has 0 saturated heterocycles. The molecule has 0 bridgehead atoms. The average Bonchev–Trinajstić information content (AvgIpc) is 2.91. The molecule has 0 fully saturated rings. The minimum absolute atomic E-state index is 0.258. The molecular formula is C13H9FN4O. The number of nitrogens with one attached hydrogen (secondary N) is 2. The normalized spacial score (nSPS) is 10.6. The lowest BCUT2D eigenvalue weighted by molar-refractivity contribution is 0.102. The van der Waals surface area contributed by atoms with Crippen LogP contribution in [0, 0.1) is 5.82 Å². The predicted molar refractivity (Wildman–Crippen MR) is 68.2 cm³/mol. The van der Waals surface area contributed by atoms with E-state index in [2.05, 4.69) is 20.5 Å². The summed E-state index contributed by atoms with van der Waals surface area (Å²) in [4.78, 5) is 16.1. The minimum atomic E-state index is -0.351. The maximum Gasteiger partial charge on any atom is 0.275 e. The van der Waals surface area contributed by atoms with Gasteiger partial charge in [-0.05, 0) is 24.3 Å². The van der Waals surface area contributed by atoms with Gasteiger partial charge >= 0.3 is 0 Å². The minimum Gasteiger partial charge on any atom is -0.306 e. The highest BCUT2D eigenvalue weighted by Gasteiger charge is 2.09. The van der Waals surface area contributed by atoms with Gasteiger partial charge in [-0.15, -0.1) is 0 Å². The van der Waals surface area contributed by atoms with Gasteiger partial charge in [0.2, 0.25) is 0 Å². The molecule has 1 aromatic carbocycles. The number of pyridine rings is 1. The van der Waals surface area contributed by atoms with Gasteiger partial charge in [-0.3, -0.25) is 9.89 Å². The van der Waals surface area contributed by atoms with E-state index in [1.54, 1.807) is 18.2 Å². The Morgan fingerprint density at radius 2 is 2.11 bits per heavy atom. The lowest BCUT2D eigenvalue weighted by Gasteiger charge is -2.03. The summed E-state index contributed by atoms with van der Waals surface area (Å²) >= 11 is 0. The number of carbonyl (C=O) groups excluding carboxylic acids is 1. The third-order valence-corrected chi connectivity index (χ3v) is 2.63. The molecule has 0 atom stereocenters. The second-order valence-electron chi connectivity index (χ2n) is 3.96. The zero-order chi connectivity index (χ0) is 13.2. The second kappa shape index (κ2) is 4.49. The van der Waals surface area contributed by atoms with E-state index in [9.17, 15) is 9.18 Å². The van der Waals surface area contributed by atoms with Crippen molar-refractivity contribution >= 4 is 22.6 Å². The fourth-order valence-corrected chi connectivity index (χ4v) is 1.73. The molecule has 94 valence electrons. The molecule has 0 aliphatic heterocycles. The van der Waals surface area contributed by atoms with Crippen LogP contribution in [0.25, 0.3) is 10.9 Å². The van der Waals surface area contributed by atoms with Crippen molar-refractivity contribution in [2.75, 3.05) is 5.32 Å². The monoisotopic (exact) mass is 256 g/mol. The molecule has 2 aromatic heterocycles. The summed E-state index contributed by atoms with van der Waals surface area (Å²) < 4.78 is 13.0. The van der Waals surface area contributed by atoms with Crippen LogP contribution in [-0.2, 0) is 0 Å². The molecule has 2 N–H and O–H groups in total. The number of amides is 1. The number of rotatable bonds is 2. The summed E-state index contributed by atoms with van der Waals surface area (Å²) in [6, 6.07) is 9.07. The van der Waals surface area contributed by atoms with Gasteiger partial charge in [0, 0.05) is 11.5 Å². The molecule has 3 rings (SSSR count). The van der Waals surface area contributed by atoms with E-state index in [4.69, 9.17) is 0 Å². The summed E-state index contributed by atoms with van der Waals surface area (Å²) in [5.41, 5.74) is 0.826. The van der Waals surface area contributed by atoms with E-state index in [-0.39, 0.29) is 17.4 Å². The summed E-state index contributed by atoms with van der Waals surface area (Å²) in [5, 5.41) is 9.62. The fourth-order valence-electron chi connectivity index (χ4n) is 1.73. The standard InChI is InChI=1S/C13H9FN4O/c14-9-2-4-10-8(7-9)1-3-11(16-10)13(19)17-12-5-6-15-18-12/h1-7H,(H2,15,17,18,19). The highest BCUT2D eigenvalue weighted by molar-refractivity contribution is 6.03. The highest BCUT2D eigenvalue weighted by Crippen LogP contribution is 2.14. The molecule has 2 heterocycles. The van der Waals surface area contributed by atoms with Crippen LogP contribution in [0.2, 0.25) is 0 Å². The Kier molecular flexibility index (Phi) is 2.68. The molecule has 0 saturated carbocycles. The fraction of sp³-hybridized carbons (Fsp3) is 0. The van der Waals surface area contributed by atoms with Crippen LogP contribution in [0.5, 0.6) is 0 Å². The first-order chi connectivity index (χ1) is 9.22. The van der Waals surface area contributed by atoms with Gasteiger partial charge in [-0.25, -0.2) is 9.37 Å². The van der Waals surface area contributed by atoms with Crippen LogP contribution >= 0.6 is 0 Å². The number of aromatic nitrogens is 3. The van der Waals surface area contributed by atoms with E-state index in [0.29, 0.717) is 16.7 Å². The van der Waals surface area contributed by atoms with Crippen LogP contribution in [-0.4, -0.2) is 21.1 Å². The van der Waals surface area contributed by atoms with Crippen molar-refractivity contribution < 1.29 is 9.18 Å². The van der Waals surface area contributed by atoms with Gasteiger partial charge in [-0.1, -0.05) is 6.07 Å². The van der Waals surface area contributed by atoms with Crippen molar-refractivity contribution in [1.29, 1.82) is 0 Å². The molecule has 0 radical (unpaired) electrons. The molecule has 19 heavy (non-hydrogen) atoms. The molecular weight excluding hydrogens is 247 g/mol. The molecule has 0 unspecified atom stereocenters. The molecule has 0 aliphatic rings. The van der Waals surface area contributed by atoms with E-state index in [1.807, 2.05) is 0 Å². The number of hydrogen-bond acceptors (Lipinski definition) is 3. The van der Waals surface area contributed by atoms with E-state index in [0.717, 1.165) is 0 Å². The quantitative estimate of drug-likeness (QED) is 0.739. The topological polar surface area (TPSA) is 70.7 Å². The Hall–Kier alpha value is -2.76. The number of benzene rings is 1. The molecule has 0 aliphatic carbocycles. The SMILES string of the molecule is O=C(Nc1ccn[nH]1)c1ccc2cc(F)ccc2n1. The van der Waals surface area contributed by atoms with Gasteiger partial charge in [0.25, 0.3) is 5.91 Å². The number of carbonyl (C=O) groups is 1. The van der Waals surface area contributed by atoms with E-state index >= 15 is 0 Å². The van der Waals surface area contributed by atoms with Crippen molar-refractivity contribution in [3.05, 3.63) is 54.1 Å². The Bertz CT molecular complexity index is 739. The molecule has 0 spiro atoms. The van der Waals surface area contributed by atoms with Crippen molar-refractivity contribution in [1.82, 2.24) is 15.2 Å². The molecule has 6 heteroatoms. The Morgan fingerprint density at radius 1 is 1.21 bits per heavy atom. The van der Waals surface area contributed by atoms with Crippen LogP contribution in [0.4, 0.5) is 10.2 Å². The number of anilines is 1. The maximum atomic E-state index is 13.0. The van der Waals surface area contributed by atoms with Gasteiger partial charge in [0.05, 0.1) is 11.7 Å². The molecule has 1 amide bonds. The summed E-state index contributed by atoms with van der Waals surface area (Å²) in [6.07, 6.45) is 1.53. The number of H-pyrrole nitrogens is 1. The van der Waals surface area contributed by atoms with Crippen LogP contribution in [0.15, 0.2) is 42.6 Å². The Morgan fingerprint density at radius 3 is 2.89 bits per heavy atom. The van der Waals surface area contributed by atoms with Crippen molar-refractivity contribution in [3.8, 4) is 0 Å². The van der Waals surface area contributed by atoms with Crippen LogP contribution in [0.3, 0.4) is 0 Å². The largest absolute Gasteiger partial charge is 0.306 e. The van der Waals surface area contributed by atoms with E-state index in [1.165, 1.54) is 24.4 Å². The molecule has 5 nitrogen and oxygen atoms in total. The first-order valence-electron chi connectivity index (χ1n) is 5.59. The molecule has 3 aromatic rings. The zero-order valence-electron chi connectivity index (χ0n) is 9.72. The smallest absolute Gasteiger partial charge is 0.275 e. The maximum absolute atomic E-state index is 13.0. The summed E-state index contributed by atoms with van der Waals surface area (Å²) in [7, 11) is 0. The van der Waals surface area contributed by atoms with Crippen molar-refractivity contribution in [2.45, 2.75) is 0 Å². The number of nitrogens with zero attached hydrogens (tertiary/aromatic N) is 2. The predicted octanol–water partition coefficient (Wildman–Crippen LogP) is 2.35. The average molecular weight is 256 g/mol. The summed E-state index contributed by atoms with van der Waals surface area (Å²) in [5.74, 6) is -0.189. The summed E-state index contributed by atoms with van der Waals surface area (Å²) in [6.45, 7) is 0. The number of hydrogen-bond donors (Lipinski definition) is 2. The van der Waals surface area contributed by atoms with Gasteiger partial charge in [0.15, 0.2) is 0 Å².